The minimum atomic E-state index is -0.907. The molecule has 0 aromatic heterocycles. The van der Waals surface area contributed by atoms with Crippen molar-refractivity contribution in [2.45, 2.75) is 12.1 Å². The molecule has 3 unspecified atom stereocenters. The molecule has 4 aromatic carbocycles. The molecule has 168 valence electrons. The van der Waals surface area contributed by atoms with E-state index in [1.165, 1.54) is 4.90 Å². The molecule has 6 rings (SSSR count). The molecule has 0 N–H and O–H groups in total. The number of anilines is 2. The summed E-state index contributed by atoms with van der Waals surface area (Å²) in [5, 5.41) is 3.71. The van der Waals surface area contributed by atoms with Crippen molar-refractivity contribution < 1.29 is 19.2 Å². The molecule has 2 heterocycles. The summed E-state index contributed by atoms with van der Waals surface area (Å²) >= 11 is 0. The monoisotopic (exact) mass is 450 g/mol. The van der Waals surface area contributed by atoms with Crippen LogP contribution in [-0.2, 0) is 14.4 Å². The van der Waals surface area contributed by atoms with Crippen LogP contribution in [0.4, 0.5) is 11.4 Å². The predicted octanol–water partition coefficient (Wildman–Crippen LogP) is 4.90. The number of methoxy groups -OCH3 is 1. The first-order chi connectivity index (χ1) is 16.7. The second-order valence-electron chi connectivity index (χ2n) is 8.48. The lowest BCUT2D eigenvalue weighted by atomic mass is 9.90. The lowest BCUT2D eigenvalue weighted by molar-refractivity contribution is -0.126. The van der Waals surface area contributed by atoms with Gasteiger partial charge in [-0.05, 0) is 52.7 Å². The van der Waals surface area contributed by atoms with Gasteiger partial charge in [0.25, 0.3) is 5.91 Å². The van der Waals surface area contributed by atoms with Crippen LogP contribution in [0.15, 0.2) is 97.1 Å². The highest BCUT2D eigenvalue weighted by atomic mass is 16.7. The number of para-hydroxylation sites is 1. The second-order valence-corrected chi connectivity index (χ2v) is 8.48. The van der Waals surface area contributed by atoms with E-state index in [1.807, 2.05) is 97.1 Å². The molecule has 0 aliphatic carbocycles. The fourth-order valence-corrected chi connectivity index (χ4v) is 4.95. The number of imide groups is 1. The van der Waals surface area contributed by atoms with Gasteiger partial charge in [0, 0.05) is 0 Å². The molecule has 6 heteroatoms. The Morgan fingerprint density at radius 3 is 2.29 bits per heavy atom. The molecule has 34 heavy (non-hydrogen) atoms. The minimum Gasteiger partial charge on any atom is -0.497 e. The van der Waals surface area contributed by atoms with Crippen molar-refractivity contribution in [2.75, 3.05) is 17.1 Å². The van der Waals surface area contributed by atoms with Crippen LogP contribution in [0, 0.1) is 5.92 Å². The lowest BCUT2D eigenvalue weighted by Gasteiger charge is -2.29. The maximum absolute atomic E-state index is 13.8. The largest absolute Gasteiger partial charge is 0.497 e. The fourth-order valence-electron chi connectivity index (χ4n) is 4.95. The van der Waals surface area contributed by atoms with E-state index in [0.29, 0.717) is 11.4 Å². The molecule has 2 aliphatic heterocycles. The number of hydroxylamine groups is 1. The van der Waals surface area contributed by atoms with Crippen LogP contribution in [0.25, 0.3) is 10.8 Å². The Kier molecular flexibility index (Phi) is 4.81. The third kappa shape index (κ3) is 3.15. The van der Waals surface area contributed by atoms with Gasteiger partial charge >= 0.3 is 0 Å². The summed E-state index contributed by atoms with van der Waals surface area (Å²) in [5.74, 6) is -0.628. The highest BCUT2D eigenvalue weighted by Gasteiger charge is 2.60. The van der Waals surface area contributed by atoms with Crippen molar-refractivity contribution in [3.05, 3.63) is 103 Å². The topological polar surface area (TPSA) is 59.1 Å². The average molecular weight is 450 g/mol. The van der Waals surface area contributed by atoms with Crippen molar-refractivity contribution in [1.29, 1.82) is 0 Å². The van der Waals surface area contributed by atoms with Gasteiger partial charge in [-0.3, -0.25) is 14.4 Å². The molecule has 4 aromatic rings. The summed E-state index contributed by atoms with van der Waals surface area (Å²) in [5.41, 5.74) is 2.18. The summed E-state index contributed by atoms with van der Waals surface area (Å²) < 4.78 is 5.42. The van der Waals surface area contributed by atoms with Gasteiger partial charge in [0.15, 0.2) is 6.10 Å². The average Bonchev–Trinajstić information content (AvgIpc) is 3.40. The first kappa shape index (κ1) is 20.4. The van der Waals surface area contributed by atoms with Gasteiger partial charge in [-0.25, -0.2) is 9.96 Å². The van der Waals surface area contributed by atoms with E-state index >= 15 is 0 Å². The van der Waals surface area contributed by atoms with E-state index in [-0.39, 0.29) is 11.8 Å². The lowest BCUT2D eigenvalue weighted by Crippen LogP contribution is -2.37. The third-order valence-electron chi connectivity index (χ3n) is 6.55. The van der Waals surface area contributed by atoms with Crippen LogP contribution < -0.4 is 14.7 Å². The number of nitrogens with zero attached hydrogens (tertiary/aromatic N) is 2. The van der Waals surface area contributed by atoms with Gasteiger partial charge in [-0.2, -0.15) is 0 Å². The van der Waals surface area contributed by atoms with Gasteiger partial charge < -0.3 is 4.74 Å². The second kappa shape index (κ2) is 8.01. The Balaban J connectivity index is 1.44. The van der Waals surface area contributed by atoms with Gasteiger partial charge in [0.05, 0.1) is 24.5 Å². The molecule has 0 saturated carbocycles. The molecule has 0 spiro atoms. The number of fused-ring (bicyclic) bond motifs is 2. The minimum absolute atomic E-state index is 0.267. The number of ether oxygens (including phenoxy) is 1. The van der Waals surface area contributed by atoms with Crippen LogP contribution in [-0.4, -0.2) is 25.0 Å². The molecule has 3 atom stereocenters. The van der Waals surface area contributed by atoms with Crippen LogP contribution in [0.1, 0.15) is 11.6 Å². The van der Waals surface area contributed by atoms with Crippen molar-refractivity contribution in [2.24, 2.45) is 5.92 Å². The van der Waals surface area contributed by atoms with E-state index in [2.05, 4.69) is 0 Å². The van der Waals surface area contributed by atoms with Crippen molar-refractivity contribution in [1.82, 2.24) is 0 Å². The summed E-state index contributed by atoms with van der Waals surface area (Å²) in [4.78, 5) is 34.8. The molecule has 2 saturated heterocycles. The number of rotatable bonds is 4. The van der Waals surface area contributed by atoms with Crippen LogP contribution >= 0.6 is 0 Å². The molecular weight excluding hydrogens is 428 g/mol. The third-order valence-corrected chi connectivity index (χ3v) is 6.55. The Morgan fingerprint density at radius 1 is 0.735 bits per heavy atom. The molecule has 6 nitrogen and oxygen atoms in total. The van der Waals surface area contributed by atoms with Gasteiger partial charge in [-0.15, -0.1) is 0 Å². The van der Waals surface area contributed by atoms with Crippen LogP contribution in [0.5, 0.6) is 5.75 Å². The van der Waals surface area contributed by atoms with E-state index in [0.717, 1.165) is 22.0 Å². The Bertz CT molecular complexity index is 1400. The van der Waals surface area contributed by atoms with Gasteiger partial charge in [-0.1, -0.05) is 60.7 Å². The maximum Gasteiger partial charge on any atom is 0.266 e. The van der Waals surface area contributed by atoms with Crippen molar-refractivity contribution >= 4 is 34.0 Å². The summed E-state index contributed by atoms with van der Waals surface area (Å²) in [6, 6.07) is 30.1. The zero-order valence-corrected chi connectivity index (χ0v) is 18.5. The summed E-state index contributed by atoms with van der Waals surface area (Å²) in [7, 11) is 1.60. The van der Waals surface area contributed by atoms with Gasteiger partial charge in [0.2, 0.25) is 5.91 Å². The van der Waals surface area contributed by atoms with Crippen molar-refractivity contribution in [3.63, 3.8) is 0 Å². The first-order valence-corrected chi connectivity index (χ1v) is 11.2. The van der Waals surface area contributed by atoms with Crippen molar-refractivity contribution in [3.8, 4) is 5.75 Å². The fraction of sp³-hybridized carbons (Fsp3) is 0.143. The Hall–Kier alpha value is -4.16. The zero-order chi connectivity index (χ0) is 23.2. The normalized spacial score (nSPS) is 21.9. The highest BCUT2D eigenvalue weighted by molar-refractivity contribution is 6.24. The van der Waals surface area contributed by atoms with E-state index in [4.69, 9.17) is 9.57 Å². The quantitative estimate of drug-likeness (QED) is 0.414. The molecule has 0 radical (unpaired) electrons. The molecule has 2 amide bonds. The number of benzene rings is 4. The smallest absolute Gasteiger partial charge is 0.266 e. The van der Waals surface area contributed by atoms with E-state index < -0.39 is 18.1 Å². The van der Waals surface area contributed by atoms with E-state index in [9.17, 15) is 9.59 Å². The Labute approximate surface area is 196 Å². The predicted molar refractivity (Wildman–Crippen MR) is 129 cm³/mol. The summed E-state index contributed by atoms with van der Waals surface area (Å²) in [6.07, 6.45) is -0.907. The number of carbonyl (C=O) groups excluding carboxylic acids is 2. The molecular formula is C28H22N2O4. The SMILES string of the molecule is COc1cccc(C2C3C(=O)N(c4ccc5ccccc5c4)C(=O)C3ON2c2ccccc2)c1. The van der Waals surface area contributed by atoms with Crippen LogP contribution in [0.3, 0.4) is 0 Å². The van der Waals surface area contributed by atoms with E-state index in [1.54, 1.807) is 12.2 Å². The molecule has 0 bridgehead atoms. The number of hydrogen-bond donors (Lipinski definition) is 0. The number of amides is 2. The first-order valence-electron chi connectivity index (χ1n) is 11.2. The zero-order valence-electron chi connectivity index (χ0n) is 18.5. The molecule has 2 aliphatic rings. The molecule has 2 fully saturated rings. The standard InChI is InChI=1S/C28H22N2O4/c1-33-23-13-7-10-20(17-23)25-24-26(34-30(25)21-11-3-2-4-12-21)28(32)29(27(24)31)22-15-14-18-8-5-6-9-19(18)16-22/h2-17,24-26H,1H3. The highest BCUT2D eigenvalue weighted by Crippen LogP contribution is 2.48. The summed E-state index contributed by atoms with van der Waals surface area (Å²) in [6.45, 7) is 0. The van der Waals surface area contributed by atoms with Crippen LogP contribution in [0.2, 0.25) is 0 Å². The number of carbonyl (C=O) groups is 2. The number of hydrogen-bond acceptors (Lipinski definition) is 5. The maximum atomic E-state index is 13.8. The Morgan fingerprint density at radius 2 is 1.50 bits per heavy atom. The van der Waals surface area contributed by atoms with Gasteiger partial charge in [0.1, 0.15) is 11.7 Å².